The molecule has 0 fully saturated rings. The van der Waals surface area contributed by atoms with E-state index in [2.05, 4.69) is 189 Å². The minimum absolute atomic E-state index is 0. The molecule has 0 radical (unpaired) electrons. The van der Waals surface area contributed by atoms with Crippen LogP contribution in [0.1, 0.15) is 13.3 Å². The van der Waals surface area contributed by atoms with Gasteiger partial charge in [-0.05, 0) is 11.1 Å². The quantitative estimate of drug-likeness (QED) is 0.0948. The first kappa shape index (κ1) is 46.4. The molecule has 0 aliphatic carbocycles. The van der Waals surface area contributed by atoms with E-state index < -0.39 is 40.4 Å². The van der Waals surface area contributed by atoms with Crippen LogP contribution in [-0.4, -0.2) is 40.4 Å². The maximum absolute atomic E-state index is 2.64. The van der Waals surface area contributed by atoms with Gasteiger partial charge in [0.1, 0.15) is 0 Å². The molecular formula is C48H68HfSi5. The third-order valence-electron chi connectivity index (χ3n) is 11.5. The van der Waals surface area contributed by atoms with Crippen molar-refractivity contribution < 1.29 is 25.8 Å². The molecule has 0 saturated heterocycles. The summed E-state index contributed by atoms with van der Waals surface area (Å²) in [6, 6.07) is 40.9. The molecule has 6 aromatic carbocycles. The Kier molecular flexibility index (Phi) is 14.2. The van der Waals surface area contributed by atoms with E-state index >= 15 is 0 Å². The van der Waals surface area contributed by atoms with Gasteiger partial charge in [0.15, 0.2) is 0 Å². The van der Waals surface area contributed by atoms with Gasteiger partial charge in [0, 0.05) is 0 Å². The zero-order valence-corrected chi connectivity index (χ0v) is 45.2. The van der Waals surface area contributed by atoms with Gasteiger partial charge in [-0.1, -0.05) is 185 Å². The standard InChI is InChI=1S/C46H62Si5.2CH3.Hf/c1-15-22-51(14,41-23-33-18-16-20-43(45(33)31-41)35-25-37(47(2,3)4)29-38(26-35)48(5,6)7)42-24-34-19-17-21-44(46(34)32-42)36-27-39(49(8,9)10)30-40(28-36)50(11,12)13;;;/h16-21,23-32H,15,22H2,1-14H3;2*1H3;/q-2;2*-1;+4. The number of hydrogen-bond acceptors (Lipinski definition) is 0. The Labute approximate surface area is 354 Å². The van der Waals surface area contributed by atoms with Crippen molar-refractivity contribution in [1.29, 1.82) is 0 Å². The number of fused-ring (bicyclic) bond motifs is 2. The molecule has 54 heavy (non-hydrogen) atoms. The smallest absolute Gasteiger partial charge is 0.358 e. The Morgan fingerprint density at radius 3 is 1.04 bits per heavy atom. The van der Waals surface area contributed by atoms with Gasteiger partial charge in [-0.15, -0.1) is 68.3 Å². The van der Waals surface area contributed by atoms with Crippen LogP contribution in [0.3, 0.4) is 0 Å². The fourth-order valence-corrected chi connectivity index (χ4v) is 16.6. The topological polar surface area (TPSA) is 0 Å². The van der Waals surface area contributed by atoms with E-state index in [1.165, 1.54) is 56.3 Å². The minimum atomic E-state index is -2.05. The molecular weight excluding hydrogens is 895 g/mol. The summed E-state index contributed by atoms with van der Waals surface area (Å²) >= 11 is 0. The Balaban J connectivity index is 0.00000261. The molecule has 0 spiro atoms. The van der Waals surface area contributed by atoms with Crippen LogP contribution in [0.4, 0.5) is 0 Å². The largest absolute Gasteiger partial charge is 4.00 e. The summed E-state index contributed by atoms with van der Waals surface area (Å²) in [7, 11) is -8.02. The van der Waals surface area contributed by atoms with Crippen LogP contribution in [0.25, 0.3) is 43.8 Å². The van der Waals surface area contributed by atoms with Gasteiger partial charge in [0.25, 0.3) is 0 Å². The molecule has 6 rings (SSSR count). The zero-order valence-electron chi connectivity index (χ0n) is 36.7. The van der Waals surface area contributed by atoms with Crippen LogP contribution < -0.4 is 31.1 Å². The van der Waals surface area contributed by atoms with E-state index in [0.717, 1.165) is 0 Å². The first-order chi connectivity index (χ1) is 23.6. The molecule has 0 N–H and O–H groups in total. The Morgan fingerprint density at radius 1 is 0.444 bits per heavy atom. The SMILES string of the molecule is CCC[Si](C)(c1cc2c(-c3cc([Si](C)(C)C)cc([Si](C)(C)C)c3)cccc2[cH-]1)c1cc2c(-c3cc([Si](C)(C)C)cc([Si](C)(C)C)c3)cccc2[cH-]1.[CH3-].[CH3-].[Hf+4]. The van der Waals surface area contributed by atoms with E-state index in [9.17, 15) is 0 Å². The van der Waals surface area contributed by atoms with E-state index in [-0.39, 0.29) is 40.7 Å². The van der Waals surface area contributed by atoms with E-state index in [1.807, 2.05) is 0 Å². The molecule has 6 aromatic rings. The maximum atomic E-state index is 2.64. The van der Waals surface area contributed by atoms with Crippen molar-refractivity contribution >= 4 is 93.0 Å². The third-order valence-corrected chi connectivity index (χ3v) is 24.2. The molecule has 0 amide bonds. The van der Waals surface area contributed by atoms with E-state index in [0.29, 0.717) is 0 Å². The molecule has 0 heterocycles. The summed E-state index contributed by atoms with van der Waals surface area (Å²) in [6.45, 7) is 34.9. The molecule has 0 unspecified atom stereocenters. The summed E-state index contributed by atoms with van der Waals surface area (Å²) in [4.78, 5) is 0. The molecule has 0 bridgehead atoms. The maximum Gasteiger partial charge on any atom is 4.00 e. The number of hydrogen-bond donors (Lipinski definition) is 0. The Morgan fingerprint density at radius 2 is 0.759 bits per heavy atom. The van der Waals surface area contributed by atoms with Gasteiger partial charge in [0.05, 0.1) is 40.4 Å². The van der Waals surface area contributed by atoms with Crippen LogP contribution in [0.2, 0.25) is 91.2 Å². The van der Waals surface area contributed by atoms with Crippen LogP contribution in [-0.2, 0) is 25.8 Å². The van der Waals surface area contributed by atoms with Gasteiger partial charge in [-0.2, -0.15) is 12.1 Å². The van der Waals surface area contributed by atoms with Crippen molar-refractivity contribution in [2.45, 2.75) is 104 Å². The zero-order chi connectivity index (χ0) is 37.3. The van der Waals surface area contributed by atoms with Crippen molar-refractivity contribution in [3.05, 3.63) is 112 Å². The van der Waals surface area contributed by atoms with Crippen LogP contribution in [0.15, 0.2) is 97.1 Å². The van der Waals surface area contributed by atoms with Crippen molar-refractivity contribution in [3.63, 3.8) is 0 Å². The van der Waals surface area contributed by atoms with Gasteiger partial charge in [0.2, 0.25) is 0 Å². The van der Waals surface area contributed by atoms with Crippen molar-refractivity contribution in [2.75, 3.05) is 0 Å². The summed E-state index contributed by atoms with van der Waals surface area (Å²) in [5.41, 5.74) is 5.63. The predicted octanol–water partition coefficient (Wildman–Crippen LogP) is 11.4. The first-order valence-electron chi connectivity index (χ1n) is 19.3. The molecule has 284 valence electrons. The molecule has 0 aliphatic rings. The fourth-order valence-electron chi connectivity index (χ4n) is 7.86. The van der Waals surface area contributed by atoms with Gasteiger partial charge < -0.3 is 14.9 Å². The Bertz CT molecular complexity index is 2010. The molecule has 0 aromatic heterocycles. The van der Waals surface area contributed by atoms with E-state index in [1.54, 1.807) is 31.1 Å². The van der Waals surface area contributed by atoms with Gasteiger partial charge in [-0.25, -0.2) is 0 Å². The van der Waals surface area contributed by atoms with Crippen molar-refractivity contribution in [3.8, 4) is 22.3 Å². The summed E-state index contributed by atoms with van der Waals surface area (Å²) < 4.78 is 0. The molecule has 6 heteroatoms. The third kappa shape index (κ3) is 9.26. The summed E-state index contributed by atoms with van der Waals surface area (Å²) in [6.07, 6.45) is 1.20. The Hall–Kier alpha value is -1.95. The van der Waals surface area contributed by atoms with Crippen LogP contribution in [0, 0.1) is 14.9 Å². The molecule has 0 nitrogen and oxygen atoms in total. The first-order valence-corrected chi connectivity index (χ1v) is 36.0. The molecule has 0 saturated carbocycles. The summed E-state index contributed by atoms with van der Waals surface area (Å²) in [5, 5.41) is 15.1. The van der Waals surface area contributed by atoms with Crippen LogP contribution in [0.5, 0.6) is 0 Å². The molecule has 0 aliphatic heterocycles. The second kappa shape index (κ2) is 16.5. The molecule has 0 atom stereocenters. The predicted molar refractivity (Wildman–Crippen MR) is 261 cm³/mol. The number of rotatable bonds is 10. The minimum Gasteiger partial charge on any atom is -0.358 e. The van der Waals surface area contributed by atoms with Crippen LogP contribution >= 0.6 is 0 Å². The average Bonchev–Trinajstić information content (AvgIpc) is 3.68. The fraction of sp³-hybridized carbons (Fsp3) is 0.333. The summed E-state index contributed by atoms with van der Waals surface area (Å²) in [5.74, 6) is 0. The monoisotopic (exact) mass is 964 g/mol. The van der Waals surface area contributed by atoms with E-state index in [4.69, 9.17) is 0 Å². The van der Waals surface area contributed by atoms with Gasteiger partial charge in [-0.3, -0.25) is 0 Å². The van der Waals surface area contributed by atoms with Crippen molar-refractivity contribution in [2.24, 2.45) is 0 Å². The average molecular weight is 964 g/mol. The second-order valence-corrected chi connectivity index (χ2v) is 44.4. The van der Waals surface area contributed by atoms with Gasteiger partial charge >= 0.3 is 25.8 Å². The normalized spacial score (nSPS) is 12.7. The van der Waals surface area contributed by atoms with Crippen molar-refractivity contribution in [1.82, 2.24) is 0 Å². The second-order valence-electron chi connectivity index (χ2n) is 19.8. The number of benzene rings is 4.